The molecule has 2 aromatic heterocycles. The predicted molar refractivity (Wildman–Crippen MR) is 74.7 cm³/mol. The molecule has 1 N–H and O–H groups in total. The van der Waals surface area contributed by atoms with E-state index >= 15 is 0 Å². The Morgan fingerprint density at radius 3 is 2.85 bits per heavy atom. The summed E-state index contributed by atoms with van der Waals surface area (Å²) in [6.07, 6.45) is 6.77. The number of amides is 1. The number of aryl methyl sites for hydroxylation is 1. The summed E-state index contributed by atoms with van der Waals surface area (Å²) in [5.41, 5.74) is 2.13. The third-order valence-electron chi connectivity index (χ3n) is 2.84. The average molecular weight is 267 g/mol. The minimum absolute atomic E-state index is 0.185. The number of nitrogens with one attached hydrogen (secondary N) is 1. The number of benzene rings is 1. The van der Waals surface area contributed by atoms with Gasteiger partial charge in [-0.05, 0) is 24.3 Å². The highest BCUT2D eigenvalue weighted by Gasteiger charge is 2.08. The number of aromatic nitrogens is 4. The van der Waals surface area contributed by atoms with Gasteiger partial charge in [0.1, 0.15) is 0 Å². The van der Waals surface area contributed by atoms with Crippen molar-refractivity contribution in [3.63, 3.8) is 0 Å². The molecule has 0 fully saturated rings. The Morgan fingerprint density at radius 1 is 1.25 bits per heavy atom. The zero-order valence-corrected chi connectivity index (χ0v) is 10.9. The summed E-state index contributed by atoms with van der Waals surface area (Å²) in [5, 5.41) is 11.0. The van der Waals surface area contributed by atoms with Crippen LogP contribution in [0.1, 0.15) is 10.4 Å². The molecule has 0 radical (unpaired) electrons. The first-order chi connectivity index (χ1) is 9.72. The Kier molecular flexibility index (Phi) is 3.04. The van der Waals surface area contributed by atoms with Gasteiger partial charge in [0.2, 0.25) is 0 Å². The monoisotopic (exact) mass is 267 g/mol. The van der Waals surface area contributed by atoms with E-state index in [1.165, 1.54) is 6.20 Å². The minimum atomic E-state index is -0.185. The summed E-state index contributed by atoms with van der Waals surface area (Å²) < 4.78 is 3.33. The molecule has 0 aliphatic heterocycles. The molecule has 0 saturated heterocycles. The van der Waals surface area contributed by atoms with Gasteiger partial charge in [-0.25, -0.2) is 4.68 Å². The van der Waals surface area contributed by atoms with Crippen molar-refractivity contribution in [1.82, 2.24) is 19.6 Å². The maximum Gasteiger partial charge on any atom is 0.258 e. The highest BCUT2D eigenvalue weighted by Crippen LogP contribution is 2.14. The van der Waals surface area contributed by atoms with Gasteiger partial charge >= 0.3 is 0 Å². The Bertz CT molecular complexity index is 730. The largest absolute Gasteiger partial charge is 0.322 e. The maximum atomic E-state index is 12.0. The van der Waals surface area contributed by atoms with E-state index in [9.17, 15) is 4.79 Å². The summed E-state index contributed by atoms with van der Waals surface area (Å²) in [6.45, 7) is 0. The second-order valence-electron chi connectivity index (χ2n) is 4.36. The van der Waals surface area contributed by atoms with Crippen LogP contribution >= 0.6 is 0 Å². The van der Waals surface area contributed by atoms with Gasteiger partial charge in [0.05, 0.1) is 17.4 Å². The second kappa shape index (κ2) is 5.00. The van der Waals surface area contributed by atoms with Gasteiger partial charge in [0.15, 0.2) is 0 Å². The lowest BCUT2D eigenvalue weighted by atomic mass is 10.2. The number of hydrogen-bond donors (Lipinski definition) is 1. The maximum absolute atomic E-state index is 12.0. The molecular weight excluding hydrogens is 254 g/mol. The number of anilines is 1. The number of nitrogens with zero attached hydrogens (tertiary/aromatic N) is 4. The molecule has 0 bridgehead atoms. The van der Waals surface area contributed by atoms with Crippen molar-refractivity contribution in [1.29, 1.82) is 0 Å². The van der Waals surface area contributed by atoms with Gasteiger partial charge in [-0.1, -0.05) is 6.07 Å². The molecule has 6 heteroatoms. The summed E-state index contributed by atoms with van der Waals surface area (Å²) in [6, 6.07) is 9.34. The van der Waals surface area contributed by atoms with E-state index in [0.29, 0.717) is 11.3 Å². The molecule has 20 heavy (non-hydrogen) atoms. The number of hydrogen-bond acceptors (Lipinski definition) is 3. The number of rotatable bonds is 3. The van der Waals surface area contributed by atoms with Gasteiger partial charge in [0, 0.05) is 31.3 Å². The Balaban J connectivity index is 1.81. The first-order valence-electron chi connectivity index (χ1n) is 6.12. The van der Waals surface area contributed by atoms with Crippen LogP contribution in [0.3, 0.4) is 0 Å². The Morgan fingerprint density at radius 2 is 2.15 bits per heavy atom. The second-order valence-corrected chi connectivity index (χ2v) is 4.36. The zero-order valence-electron chi connectivity index (χ0n) is 10.9. The summed E-state index contributed by atoms with van der Waals surface area (Å²) in [7, 11) is 1.77. The molecule has 100 valence electrons. The molecule has 0 aliphatic rings. The molecule has 1 amide bonds. The van der Waals surface area contributed by atoms with Crippen molar-refractivity contribution in [2.75, 3.05) is 5.32 Å². The van der Waals surface area contributed by atoms with Crippen molar-refractivity contribution >= 4 is 11.6 Å². The quantitative estimate of drug-likeness (QED) is 0.787. The molecule has 0 spiro atoms. The van der Waals surface area contributed by atoms with E-state index in [-0.39, 0.29) is 5.91 Å². The first kappa shape index (κ1) is 12.2. The topological polar surface area (TPSA) is 64.7 Å². The van der Waals surface area contributed by atoms with E-state index in [4.69, 9.17) is 0 Å². The third kappa shape index (κ3) is 2.44. The molecule has 0 aliphatic carbocycles. The van der Waals surface area contributed by atoms with Crippen LogP contribution in [-0.2, 0) is 7.05 Å². The summed E-state index contributed by atoms with van der Waals surface area (Å²) in [5.74, 6) is -0.185. The minimum Gasteiger partial charge on any atom is -0.322 e. The molecule has 3 aromatic rings. The van der Waals surface area contributed by atoms with E-state index in [1.54, 1.807) is 28.8 Å². The fourth-order valence-corrected chi connectivity index (χ4v) is 1.89. The van der Waals surface area contributed by atoms with E-state index in [2.05, 4.69) is 15.5 Å². The Hall–Kier alpha value is -2.89. The van der Waals surface area contributed by atoms with Gasteiger partial charge in [-0.15, -0.1) is 0 Å². The summed E-state index contributed by atoms with van der Waals surface area (Å²) >= 11 is 0. The van der Waals surface area contributed by atoms with Crippen molar-refractivity contribution in [2.24, 2.45) is 7.05 Å². The van der Waals surface area contributed by atoms with Crippen LogP contribution < -0.4 is 5.32 Å². The SMILES string of the molecule is Cn1cc(C(=O)Nc2cccc(-n3cccn3)c2)cn1. The molecule has 0 saturated carbocycles. The van der Waals surface area contributed by atoms with Gasteiger partial charge in [0.25, 0.3) is 5.91 Å². The van der Waals surface area contributed by atoms with E-state index in [0.717, 1.165) is 5.69 Å². The molecule has 2 heterocycles. The molecular formula is C14H13N5O. The smallest absolute Gasteiger partial charge is 0.258 e. The fourth-order valence-electron chi connectivity index (χ4n) is 1.89. The molecule has 1 aromatic carbocycles. The van der Waals surface area contributed by atoms with Crippen LogP contribution in [0, 0.1) is 0 Å². The molecule has 0 unspecified atom stereocenters. The van der Waals surface area contributed by atoms with Gasteiger partial charge in [-0.3, -0.25) is 9.48 Å². The van der Waals surface area contributed by atoms with Crippen molar-refractivity contribution < 1.29 is 4.79 Å². The number of carbonyl (C=O) groups excluding carboxylic acids is 1. The normalized spacial score (nSPS) is 10.4. The van der Waals surface area contributed by atoms with E-state index in [1.807, 2.05) is 36.5 Å². The highest BCUT2D eigenvalue weighted by molar-refractivity contribution is 6.04. The fraction of sp³-hybridized carbons (Fsp3) is 0.0714. The van der Waals surface area contributed by atoms with Crippen molar-refractivity contribution in [3.8, 4) is 5.69 Å². The van der Waals surface area contributed by atoms with Crippen LogP contribution in [0.4, 0.5) is 5.69 Å². The molecule has 0 atom stereocenters. The predicted octanol–water partition coefficient (Wildman–Crippen LogP) is 1.86. The number of carbonyl (C=O) groups is 1. The third-order valence-corrected chi connectivity index (χ3v) is 2.84. The standard InChI is InChI=1S/C14H13N5O/c1-18-10-11(9-16-18)14(20)17-12-4-2-5-13(8-12)19-7-3-6-15-19/h2-10H,1H3,(H,17,20). The Labute approximate surface area is 115 Å². The average Bonchev–Trinajstić information content (AvgIpc) is 3.10. The zero-order chi connectivity index (χ0) is 13.9. The van der Waals surface area contributed by atoms with Crippen molar-refractivity contribution in [3.05, 3.63) is 60.7 Å². The van der Waals surface area contributed by atoms with Crippen molar-refractivity contribution in [2.45, 2.75) is 0 Å². The first-order valence-corrected chi connectivity index (χ1v) is 6.12. The lowest BCUT2D eigenvalue weighted by Crippen LogP contribution is -2.11. The van der Waals surface area contributed by atoms with Gasteiger partial charge < -0.3 is 5.32 Å². The van der Waals surface area contributed by atoms with Crippen LogP contribution in [0.25, 0.3) is 5.69 Å². The van der Waals surface area contributed by atoms with Crippen LogP contribution in [0.2, 0.25) is 0 Å². The van der Waals surface area contributed by atoms with E-state index < -0.39 is 0 Å². The molecule has 3 rings (SSSR count). The van der Waals surface area contributed by atoms with Crippen LogP contribution in [0.5, 0.6) is 0 Å². The lowest BCUT2D eigenvalue weighted by Gasteiger charge is -2.06. The highest BCUT2D eigenvalue weighted by atomic mass is 16.1. The summed E-state index contributed by atoms with van der Waals surface area (Å²) in [4.78, 5) is 12.0. The van der Waals surface area contributed by atoms with Crippen LogP contribution in [0.15, 0.2) is 55.1 Å². The van der Waals surface area contributed by atoms with Gasteiger partial charge in [-0.2, -0.15) is 10.2 Å². The lowest BCUT2D eigenvalue weighted by molar-refractivity contribution is 0.102. The molecule has 6 nitrogen and oxygen atoms in total. The van der Waals surface area contributed by atoms with Crippen LogP contribution in [-0.4, -0.2) is 25.5 Å².